The van der Waals surface area contributed by atoms with Gasteiger partial charge in [0.1, 0.15) is 11.4 Å². The van der Waals surface area contributed by atoms with Crippen molar-refractivity contribution in [3.05, 3.63) is 23.3 Å². The predicted molar refractivity (Wildman–Crippen MR) is 72.2 cm³/mol. The van der Waals surface area contributed by atoms with Crippen LogP contribution in [-0.4, -0.2) is 30.8 Å². The molecule has 0 aromatic heterocycles. The normalized spacial score (nSPS) is 11.3. The molecular weight excluding hydrogens is 230 g/mol. The predicted octanol–water partition coefficient (Wildman–Crippen LogP) is 2.05. The van der Waals surface area contributed by atoms with Crippen molar-refractivity contribution in [1.29, 1.82) is 0 Å². The largest absolute Gasteiger partial charge is 0.496 e. The summed E-state index contributed by atoms with van der Waals surface area (Å²) in [5.41, 5.74) is 1.29. The van der Waals surface area contributed by atoms with Gasteiger partial charge in [-0.1, -0.05) is 0 Å². The molecule has 0 radical (unpaired) electrons. The fourth-order valence-electron chi connectivity index (χ4n) is 1.97. The highest BCUT2D eigenvalue weighted by Crippen LogP contribution is 2.29. The Balaban J connectivity index is 3.16. The second-order valence-electron chi connectivity index (χ2n) is 5.04. The van der Waals surface area contributed by atoms with Crippen molar-refractivity contribution in [3.63, 3.8) is 0 Å². The second-order valence-corrected chi connectivity index (χ2v) is 5.04. The summed E-state index contributed by atoms with van der Waals surface area (Å²) in [7, 11) is 3.28. The smallest absolute Gasteiger partial charge is 0.258 e. The highest BCUT2D eigenvalue weighted by molar-refractivity contribution is 5.98. The lowest BCUT2D eigenvalue weighted by Gasteiger charge is -2.26. The summed E-state index contributed by atoms with van der Waals surface area (Å²) in [5.74, 6) is 0.481. The second kappa shape index (κ2) is 4.98. The molecular formula is C14H21NO3. The summed E-state index contributed by atoms with van der Waals surface area (Å²) in [6.45, 7) is 6.82. The standard InChI is InChI=1S/C14H21NO3/c1-9-7-11(8-10(2)12(9)18-6)15(5)13(16)14(3,4)17/h7-8,17H,1-6H3. The molecule has 0 aliphatic heterocycles. The molecule has 1 aromatic rings. The average Bonchev–Trinajstić information content (AvgIpc) is 2.25. The third-order valence-electron chi connectivity index (χ3n) is 2.86. The van der Waals surface area contributed by atoms with Crippen LogP contribution in [-0.2, 0) is 4.79 Å². The van der Waals surface area contributed by atoms with E-state index in [0.717, 1.165) is 22.6 Å². The third kappa shape index (κ3) is 2.82. The van der Waals surface area contributed by atoms with Gasteiger partial charge in [0.2, 0.25) is 0 Å². The maximum atomic E-state index is 12.0. The quantitative estimate of drug-likeness (QED) is 0.894. The molecule has 0 heterocycles. The van der Waals surface area contributed by atoms with Crippen LogP contribution in [0.25, 0.3) is 0 Å². The third-order valence-corrected chi connectivity index (χ3v) is 2.86. The fraction of sp³-hybridized carbons (Fsp3) is 0.500. The molecule has 0 bridgehead atoms. The van der Waals surface area contributed by atoms with E-state index in [1.54, 1.807) is 14.2 Å². The van der Waals surface area contributed by atoms with E-state index < -0.39 is 5.60 Å². The van der Waals surface area contributed by atoms with E-state index in [1.807, 2.05) is 26.0 Å². The van der Waals surface area contributed by atoms with Gasteiger partial charge in [0, 0.05) is 12.7 Å². The Morgan fingerprint density at radius 2 is 1.72 bits per heavy atom. The Morgan fingerprint density at radius 3 is 2.06 bits per heavy atom. The highest BCUT2D eigenvalue weighted by Gasteiger charge is 2.28. The first-order valence-corrected chi connectivity index (χ1v) is 5.84. The zero-order valence-electron chi connectivity index (χ0n) is 11.9. The number of aliphatic hydroxyl groups is 1. The molecule has 100 valence electrons. The van der Waals surface area contributed by atoms with E-state index in [0.29, 0.717) is 0 Å². The van der Waals surface area contributed by atoms with Crippen molar-refractivity contribution in [2.24, 2.45) is 0 Å². The van der Waals surface area contributed by atoms with E-state index in [2.05, 4.69) is 0 Å². The Kier molecular flexibility index (Phi) is 4.02. The van der Waals surface area contributed by atoms with Crippen molar-refractivity contribution >= 4 is 11.6 Å². The van der Waals surface area contributed by atoms with Crippen LogP contribution in [0.1, 0.15) is 25.0 Å². The zero-order valence-corrected chi connectivity index (χ0v) is 11.9. The molecule has 0 spiro atoms. The Morgan fingerprint density at radius 1 is 1.28 bits per heavy atom. The number of hydrogen-bond donors (Lipinski definition) is 1. The lowest BCUT2D eigenvalue weighted by Crippen LogP contribution is -2.43. The number of nitrogens with zero attached hydrogens (tertiary/aromatic N) is 1. The summed E-state index contributed by atoms with van der Waals surface area (Å²) in [6.07, 6.45) is 0. The molecule has 1 aromatic carbocycles. The van der Waals surface area contributed by atoms with Gasteiger partial charge in [-0.15, -0.1) is 0 Å². The maximum absolute atomic E-state index is 12.0. The lowest BCUT2D eigenvalue weighted by molar-refractivity contribution is -0.133. The monoisotopic (exact) mass is 251 g/mol. The Bertz CT molecular complexity index is 438. The van der Waals surface area contributed by atoms with Gasteiger partial charge in [0.05, 0.1) is 7.11 Å². The number of methoxy groups -OCH3 is 1. The summed E-state index contributed by atoms with van der Waals surface area (Å²) in [6, 6.07) is 3.74. The number of carbonyl (C=O) groups is 1. The number of carbonyl (C=O) groups excluding carboxylic acids is 1. The first-order chi connectivity index (χ1) is 8.18. The van der Waals surface area contributed by atoms with Crippen LogP contribution in [0.4, 0.5) is 5.69 Å². The molecule has 0 aliphatic carbocycles. The average molecular weight is 251 g/mol. The van der Waals surface area contributed by atoms with Crippen LogP contribution >= 0.6 is 0 Å². The van der Waals surface area contributed by atoms with E-state index in [4.69, 9.17) is 4.74 Å². The lowest BCUT2D eigenvalue weighted by atomic mass is 10.1. The minimum Gasteiger partial charge on any atom is -0.496 e. The minimum atomic E-state index is -1.38. The number of rotatable bonds is 3. The Hall–Kier alpha value is -1.55. The maximum Gasteiger partial charge on any atom is 0.258 e. The van der Waals surface area contributed by atoms with E-state index in [1.165, 1.54) is 18.7 Å². The van der Waals surface area contributed by atoms with Gasteiger partial charge in [-0.25, -0.2) is 0 Å². The molecule has 0 saturated heterocycles. The highest BCUT2D eigenvalue weighted by atomic mass is 16.5. The molecule has 0 fully saturated rings. The van der Waals surface area contributed by atoms with Gasteiger partial charge in [0.15, 0.2) is 0 Å². The van der Waals surface area contributed by atoms with Crippen LogP contribution < -0.4 is 9.64 Å². The molecule has 1 amide bonds. The van der Waals surface area contributed by atoms with Gasteiger partial charge in [0.25, 0.3) is 5.91 Å². The summed E-state index contributed by atoms with van der Waals surface area (Å²) >= 11 is 0. The first-order valence-electron chi connectivity index (χ1n) is 5.84. The van der Waals surface area contributed by atoms with Crippen LogP contribution in [0.2, 0.25) is 0 Å². The molecule has 4 nitrogen and oxygen atoms in total. The van der Waals surface area contributed by atoms with Crippen LogP contribution in [0.5, 0.6) is 5.75 Å². The number of benzene rings is 1. The number of aryl methyl sites for hydroxylation is 2. The van der Waals surface area contributed by atoms with Gasteiger partial charge in [-0.05, 0) is 51.0 Å². The van der Waals surface area contributed by atoms with E-state index in [-0.39, 0.29) is 5.91 Å². The number of amides is 1. The van der Waals surface area contributed by atoms with Crippen LogP contribution in [0, 0.1) is 13.8 Å². The van der Waals surface area contributed by atoms with Crippen molar-refractivity contribution in [3.8, 4) is 5.75 Å². The summed E-state index contributed by atoms with van der Waals surface area (Å²) in [5, 5.41) is 9.74. The van der Waals surface area contributed by atoms with Crippen molar-refractivity contribution < 1.29 is 14.6 Å². The van der Waals surface area contributed by atoms with Crippen LogP contribution in [0.3, 0.4) is 0 Å². The van der Waals surface area contributed by atoms with Gasteiger partial charge in [-0.3, -0.25) is 4.79 Å². The number of ether oxygens (including phenoxy) is 1. The fourth-order valence-corrected chi connectivity index (χ4v) is 1.97. The summed E-state index contributed by atoms with van der Waals surface area (Å²) in [4.78, 5) is 13.4. The minimum absolute atomic E-state index is 0.341. The van der Waals surface area contributed by atoms with Gasteiger partial charge >= 0.3 is 0 Å². The van der Waals surface area contributed by atoms with E-state index >= 15 is 0 Å². The van der Waals surface area contributed by atoms with Crippen molar-refractivity contribution in [2.75, 3.05) is 19.1 Å². The molecule has 0 atom stereocenters. The molecule has 1 rings (SSSR count). The van der Waals surface area contributed by atoms with Gasteiger partial charge < -0.3 is 14.7 Å². The summed E-state index contributed by atoms with van der Waals surface area (Å²) < 4.78 is 5.29. The number of hydrogen-bond acceptors (Lipinski definition) is 3. The Labute approximate surface area is 108 Å². The molecule has 1 N–H and O–H groups in total. The zero-order chi connectivity index (χ0) is 14.1. The molecule has 0 unspecified atom stereocenters. The molecule has 0 aliphatic rings. The molecule has 0 saturated carbocycles. The topological polar surface area (TPSA) is 49.8 Å². The number of likely N-dealkylation sites (N-methyl/N-ethyl adjacent to an activating group) is 1. The van der Waals surface area contributed by atoms with Crippen molar-refractivity contribution in [1.82, 2.24) is 0 Å². The SMILES string of the molecule is COc1c(C)cc(N(C)C(=O)C(C)(C)O)cc1C. The number of anilines is 1. The first kappa shape index (κ1) is 14.5. The van der Waals surface area contributed by atoms with Crippen LogP contribution in [0.15, 0.2) is 12.1 Å². The van der Waals surface area contributed by atoms with E-state index in [9.17, 15) is 9.90 Å². The molecule has 4 heteroatoms. The molecule has 18 heavy (non-hydrogen) atoms. The van der Waals surface area contributed by atoms with Gasteiger partial charge in [-0.2, -0.15) is 0 Å². The van der Waals surface area contributed by atoms with Crippen molar-refractivity contribution in [2.45, 2.75) is 33.3 Å².